The highest BCUT2D eigenvalue weighted by molar-refractivity contribution is 9.10. The molecule has 0 aliphatic heterocycles. The topological polar surface area (TPSA) is 68.0 Å². The van der Waals surface area contributed by atoms with Gasteiger partial charge in [-0.3, -0.25) is 0 Å². The van der Waals surface area contributed by atoms with Gasteiger partial charge in [0.15, 0.2) is 5.69 Å². The second-order valence-electron chi connectivity index (χ2n) is 4.19. The Kier molecular flexibility index (Phi) is 4.31. The molecule has 0 saturated carbocycles. The summed E-state index contributed by atoms with van der Waals surface area (Å²) in [4.78, 5) is 11.1. The van der Waals surface area contributed by atoms with Gasteiger partial charge in [0.25, 0.3) is 0 Å². The number of carbonyl (C=O) groups is 1. The Bertz CT molecular complexity index is 595. The maximum Gasteiger partial charge on any atom is 0.358 e. The van der Waals surface area contributed by atoms with E-state index < -0.39 is 5.97 Å². The van der Waals surface area contributed by atoms with E-state index in [2.05, 4.69) is 26.2 Å². The van der Waals surface area contributed by atoms with Gasteiger partial charge in [0.2, 0.25) is 0 Å². The molecule has 100 valence electrons. The molecule has 0 amide bonds. The zero-order valence-electron chi connectivity index (χ0n) is 10.5. The highest BCUT2D eigenvalue weighted by Gasteiger charge is 2.18. The van der Waals surface area contributed by atoms with Crippen molar-refractivity contribution in [2.75, 3.05) is 0 Å². The van der Waals surface area contributed by atoms with E-state index in [9.17, 15) is 4.79 Å². The molecule has 1 aromatic carbocycles. The van der Waals surface area contributed by atoms with Crippen LogP contribution in [0.3, 0.4) is 0 Å². The summed E-state index contributed by atoms with van der Waals surface area (Å²) in [6.07, 6.45) is 1.50. The van der Waals surface area contributed by atoms with Crippen LogP contribution in [0.2, 0.25) is 0 Å². The van der Waals surface area contributed by atoms with Gasteiger partial charge < -0.3 is 5.11 Å². The van der Waals surface area contributed by atoms with E-state index in [0.717, 1.165) is 16.5 Å². The molecule has 2 aromatic rings. The average Bonchev–Trinajstić information content (AvgIpc) is 2.76. The van der Waals surface area contributed by atoms with Gasteiger partial charge in [-0.25, -0.2) is 9.48 Å². The minimum absolute atomic E-state index is 0.0499. The normalized spacial score (nSPS) is 10.6. The van der Waals surface area contributed by atoms with Crippen LogP contribution in [-0.4, -0.2) is 26.1 Å². The molecule has 0 bridgehead atoms. The van der Waals surface area contributed by atoms with Gasteiger partial charge in [-0.15, -0.1) is 5.10 Å². The quantitative estimate of drug-likeness (QED) is 0.918. The number of carboxylic acids is 1. The number of hydrogen-bond donors (Lipinski definition) is 1. The van der Waals surface area contributed by atoms with Gasteiger partial charge in [-0.2, -0.15) is 0 Å². The van der Waals surface area contributed by atoms with E-state index in [1.54, 1.807) is 4.68 Å². The first kappa shape index (κ1) is 13.7. The Balaban J connectivity index is 2.35. The van der Waals surface area contributed by atoms with Crippen molar-refractivity contribution in [1.29, 1.82) is 0 Å². The van der Waals surface area contributed by atoms with Crippen molar-refractivity contribution in [3.63, 3.8) is 0 Å². The van der Waals surface area contributed by atoms with E-state index in [0.29, 0.717) is 18.7 Å². The molecule has 0 spiro atoms. The number of aromatic nitrogens is 3. The molecule has 19 heavy (non-hydrogen) atoms. The summed E-state index contributed by atoms with van der Waals surface area (Å²) in [6.45, 7) is 2.51. The van der Waals surface area contributed by atoms with Crippen molar-refractivity contribution < 1.29 is 9.90 Å². The Labute approximate surface area is 119 Å². The molecule has 0 fully saturated rings. The van der Waals surface area contributed by atoms with Gasteiger partial charge in [0.1, 0.15) is 0 Å². The van der Waals surface area contributed by atoms with Gasteiger partial charge in [-0.05, 0) is 18.1 Å². The SMILES string of the molecule is CCCc1c(C(=O)O)nnn1Cc1ccccc1Br. The van der Waals surface area contributed by atoms with Crippen LogP contribution >= 0.6 is 15.9 Å². The zero-order valence-corrected chi connectivity index (χ0v) is 12.1. The zero-order chi connectivity index (χ0) is 13.8. The highest BCUT2D eigenvalue weighted by atomic mass is 79.9. The first-order valence-corrected chi connectivity index (χ1v) is 6.81. The fraction of sp³-hybridized carbons (Fsp3) is 0.308. The number of hydrogen-bond acceptors (Lipinski definition) is 3. The minimum atomic E-state index is -1.03. The highest BCUT2D eigenvalue weighted by Crippen LogP contribution is 2.18. The van der Waals surface area contributed by atoms with Crippen LogP contribution in [-0.2, 0) is 13.0 Å². The molecule has 0 unspecified atom stereocenters. The fourth-order valence-corrected chi connectivity index (χ4v) is 2.31. The Morgan fingerprint density at radius 1 is 1.42 bits per heavy atom. The molecule has 0 atom stereocenters. The molecule has 6 heteroatoms. The van der Waals surface area contributed by atoms with Crippen molar-refractivity contribution in [2.45, 2.75) is 26.3 Å². The Morgan fingerprint density at radius 3 is 2.79 bits per heavy atom. The van der Waals surface area contributed by atoms with Crippen molar-refractivity contribution >= 4 is 21.9 Å². The lowest BCUT2D eigenvalue weighted by atomic mass is 10.2. The third-order valence-electron chi connectivity index (χ3n) is 2.80. The summed E-state index contributed by atoms with van der Waals surface area (Å²) in [6, 6.07) is 7.80. The van der Waals surface area contributed by atoms with Crippen LogP contribution in [0.5, 0.6) is 0 Å². The van der Waals surface area contributed by atoms with Crippen LogP contribution in [0, 0.1) is 0 Å². The van der Waals surface area contributed by atoms with Crippen LogP contribution in [0.4, 0.5) is 0 Å². The molecule has 1 aromatic heterocycles. The molecular formula is C13H14BrN3O2. The lowest BCUT2D eigenvalue weighted by molar-refractivity contribution is 0.0689. The molecular weight excluding hydrogens is 310 g/mol. The van der Waals surface area contributed by atoms with Gasteiger partial charge in [-0.1, -0.05) is 52.7 Å². The fourth-order valence-electron chi connectivity index (χ4n) is 1.90. The van der Waals surface area contributed by atoms with Crippen molar-refractivity contribution in [2.24, 2.45) is 0 Å². The van der Waals surface area contributed by atoms with Gasteiger partial charge >= 0.3 is 5.97 Å². The summed E-state index contributed by atoms with van der Waals surface area (Å²) in [5.74, 6) is -1.03. The molecule has 1 N–H and O–H groups in total. The molecule has 5 nitrogen and oxygen atoms in total. The Hall–Kier alpha value is -1.69. The van der Waals surface area contributed by atoms with Crippen molar-refractivity contribution in [3.05, 3.63) is 45.7 Å². The number of benzene rings is 1. The molecule has 1 heterocycles. The lowest BCUT2D eigenvalue weighted by Gasteiger charge is -2.07. The largest absolute Gasteiger partial charge is 0.476 e. The second-order valence-corrected chi connectivity index (χ2v) is 5.04. The number of nitrogens with zero attached hydrogens (tertiary/aromatic N) is 3. The monoisotopic (exact) mass is 323 g/mol. The van der Waals surface area contributed by atoms with Crippen LogP contribution in [0.25, 0.3) is 0 Å². The number of carboxylic acid groups (broad SMARTS) is 1. The third kappa shape index (κ3) is 3.01. The van der Waals surface area contributed by atoms with E-state index in [1.165, 1.54) is 0 Å². The van der Waals surface area contributed by atoms with Gasteiger partial charge in [0, 0.05) is 4.47 Å². The van der Waals surface area contributed by atoms with Crippen LogP contribution < -0.4 is 0 Å². The van der Waals surface area contributed by atoms with Crippen molar-refractivity contribution in [3.8, 4) is 0 Å². The summed E-state index contributed by atoms with van der Waals surface area (Å²) < 4.78 is 2.64. The summed E-state index contributed by atoms with van der Waals surface area (Å²) in [5, 5.41) is 16.8. The molecule has 0 aliphatic carbocycles. The number of rotatable bonds is 5. The van der Waals surface area contributed by atoms with E-state index in [-0.39, 0.29) is 5.69 Å². The summed E-state index contributed by atoms with van der Waals surface area (Å²) >= 11 is 3.48. The first-order valence-electron chi connectivity index (χ1n) is 6.02. The maximum atomic E-state index is 11.1. The smallest absolute Gasteiger partial charge is 0.358 e. The third-order valence-corrected chi connectivity index (χ3v) is 3.58. The molecule has 0 aliphatic rings. The maximum absolute atomic E-state index is 11.1. The van der Waals surface area contributed by atoms with E-state index in [1.807, 2.05) is 31.2 Å². The van der Waals surface area contributed by atoms with Crippen LogP contribution in [0.15, 0.2) is 28.7 Å². The molecule has 0 saturated heterocycles. The predicted molar refractivity (Wildman–Crippen MR) is 74.2 cm³/mol. The van der Waals surface area contributed by atoms with Gasteiger partial charge in [0.05, 0.1) is 12.2 Å². The molecule has 0 radical (unpaired) electrons. The number of aromatic carboxylic acids is 1. The summed E-state index contributed by atoms with van der Waals surface area (Å²) in [5.41, 5.74) is 1.77. The molecule has 2 rings (SSSR count). The van der Waals surface area contributed by atoms with Crippen LogP contribution in [0.1, 0.15) is 35.1 Å². The Morgan fingerprint density at radius 2 is 2.16 bits per heavy atom. The predicted octanol–water partition coefficient (Wildman–Crippen LogP) is 2.74. The standard InChI is InChI=1S/C13H14BrN3O2/c1-2-5-11-12(13(18)19)15-16-17(11)8-9-6-3-4-7-10(9)14/h3-4,6-7H,2,5,8H2,1H3,(H,18,19). The minimum Gasteiger partial charge on any atom is -0.476 e. The summed E-state index contributed by atoms with van der Waals surface area (Å²) in [7, 11) is 0. The average molecular weight is 324 g/mol. The van der Waals surface area contributed by atoms with E-state index >= 15 is 0 Å². The lowest BCUT2D eigenvalue weighted by Crippen LogP contribution is -2.09. The van der Waals surface area contributed by atoms with E-state index in [4.69, 9.17) is 5.11 Å². The number of halogens is 1. The van der Waals surface area contributed by atoms with Crippen molar-refractivity contribution in [1.82, 2.24) is 15.0 Å². The second kappa shape index (κ2) is 5.97. The first-order chi connectivity index (χ1) is 9.13.